The van der Waals surface area contributed by atoms with E-state index in [1.165, 1.54) is 0 Å². The van der Waals surface area contributed by atoms with Crippen LogP contribution in [0.5, 0.6) is 0 Å². The summed E-state index contributed by atoms with van der Waals surface area (Å²) < 4.78 is 13.6. The second-order valence-corrected chi connectivity index (χ2v) is 6.21. The van der Waals surface area contributed by atoms with Crippen molar-refractivity contribution in [2.75, 3.05) is 25.2 Å². The van der Waals surface area contributed by atoms with E-state index in [2.05, 4.69) is 32.4 Å². The van der Waals surface area contributed by atoms with Crippen LogP contribution in [0.25, 0.3) is 0 Å². The van der Waals surface area contributed by atoms with Crippen molar-refractivity contribution in [2.45, 2.75) is 43.7 Å². The molecule has 106 valence electrons. The van der Waals surface area contributed by atoms with E-state index >= 15 is 0 Å². The highest BCUT2D eigenvalue weighted by Gasteiger charge is 2.39. The first-order valence-electron chi connectivity index (χ1n) is 7.00. The van der Waals surface area contributed by atoms with E-state index in [-0.39, 0.29) is 5.60 Å². The van der Waals surface area contributed by atoms with Crippen LogP contribution in [0.3, 0.4) is 0 Å². The normalized spacial score (nSPS) is 26.7. The van der Waals surface area contributed by atoms with Gasteiger partial charge in [0, 0.05) is 37.8 Å². The third kappa shape index (κ3) is 3.01. The molecule has 2 aliphatic rings. The van der Waals surface area contributed by atoms with Gasteiger partial charge in [-0.1, -0.05) is 21.1 Å². The predicted octanol–water partition coefficient (Wildman–Crippen LogP) is 2.12. The molecule has 0 saturated carbocycles. The minimum Gasteiger partial charge on any atom is -0.381 e. The fourth-order valence-corrected chi connectivity index (χ4v) is 3.43. The molecule has 0 aromatic carbocycles. The van der Waals surface area contributed by atoms with E-state index < -0.39 is 0 Å². The van der Waals surface area contributed by atoms with Crippen LogP contribution in [0.1, 0.15) is 37.4 Å². The highest BCUT2D eigenvalue weighted by Crippen LogP contribution is 2.38. The first-order valence-corrected chi connectivity index (χ1v) is 8.12. The Labute approximate surface area is 121 Å². The molecule has 1 aromatic heterocycles. The van der Waals surface area contributed by atoms with Gasteiger partial charge in [0.25, 0.3) is 0 Å². The van der Waals surface area contributed by atoms with Crippen LogP contribution in [0, 0.1) is 0 Å². The second-order valence-electron chi connectivity index (χ2n) is 5.42. The van der Waals surface area contributed by atoms with Crippen LogP contribution in [0.2, 0.25) is 0 Å². The summed E-state index contributed by atoms with van der Waals surface area (Å²) in [6.45, 7) is 2.45. The average Bonchev–Trinajstić information content (AvgIpc) is 2.89. The number of hydrogen-bond donors (Lipinski definition) is 0. The lowest BCUT2D eigenvalue weighted by Gasteiger charge is -2.43. The molecule has 1 spiro atoms. The van der Waals surface area contributed by atoms with Crippen LogP contribution in [0.15, 0.2) is 6.20 Å². The van der Waals surface area contributed by atoms with Crippen molar-refractivity contribution in [3.63, 3.8) is 0 Å². The summed E-state index contributed by atoms with van der Waals surface area (Å²) in [6, 6.07) is 0.420. The lowest BCUT2D eigenvalue weighted by Crippen LogP contribution is -2.44. The van der Waals surface area contributed by atoms with Crippen molar-refractivity contribution in [1.29, 1.82) is 0 Å². The molecule has 2 aliphatic heterocycles. The van der Waals surface area contributed by atoms with Gasteiger partial charge in [0.05, 0.1) is 17.3 Å². The molecule has 3 rings (SSSR count). The Balaban J connectivity index is 1.69. The van der Waals surface area contributed by atoms with Gasteiger partial charge in [0.15, 0.2) is 0 Å². The molecule has 0 N–H and O–H groups in total. The van der Waals surface area contributed by atoms with Gasteiger partial charge in [-0.2, -0.15) is 0 Å². The summed E-state index contributed by atoms with van der Waals surface area (Å²) in [5.41, 5.74) is 1.08. The lowest BCUT2D eigenvalue weighted by molar-refractivity contribution is -0.145. The number of hydrogen-bond acceptors (Lipinski definition) is 4. The summed E-state index contributed by atoms with van der Waals surface area (Å²) >= 11 is 3.44. The van der Waals surface area contributed by atoms with Gasteiger partial charge >= 0.3 is 0 Å². The third-order valence-corrected chi connectivity index (χ3v) is 4.55. The molecular weight excluding hydrogens is 310 g/mol. The summed E-state index contributed by atoms with van der Waals surface area (Å²) in [7, 11) is 0. The van der Waals surface area contributed by atoms with Crippen molar-refractivity contribution in [2.24, 2.45) is 0 Å². The van der Waals surface area contributed by atoms with E-state index in [9.17, 15) is 0 Å². The smallest absolute Gasteiger partial charge is 0.0835 e. The molecule has 5 nitrogen and oxygen atoms in total. The van der Waals surface area contributed by atoms with Crippen LogP contribution in [0.4, 0.5) is 0 Å². The summed E-state index contributed by atoms with van der Waals surface area (Å²) in [6.07, 6.45) is 7.10. The van der Waals surface area contributed by atoms with Crippen molar-refractivity contribution in [3.8, 4) is 0 Å². The van der Waals surface area contributed by atoms with Gasteiger partial charge in [0.2, 0.25) is 0 Å². The highest BCUT2D eigenvalue weighted by atomic mass is 79.9. The lowest BCUT2D eigenvalue weighted by atomic mass is 9.84. The van der Waals surface area contributed by atoms with Gasteiger partial charge in [-0.05, 0) is 25.7 Å². The first kappa shape index (κ1) is 13.5. The molecule has 2 saturated heterocycles. The number of aryl methyl sites for hydroxylation is 1. The average molecular weight is 330 g/mol. The maximum atomic E-state index is 6.06. The second kappa shape index (κ2) is 5.89. The maximum absolute atomic E-state index is 6.06. The Morgan fingerprint density at radius 1 is 1.37 bits per heavy atom. The van der Waals surface area contributed by atoms with E-state index in [0.717, 1.165) is 62.9 Å². The molecule has 19 heavy (non-hydrogen) atoms. The molecule has 1 unspecified atom stereocenters. The van der Waals surface area contributed by atoms with Gasteiger partial charge in [-0.15, -0.1) is 5.10 Å². The zero-order valence-corrected chi connectivity index (χ0v) is 12.6. The van der Waals surface area contributed by atoms with Crippen LogP contribution in [-0.2, 0) is 15.9 Å². The Bertz CT molecular complexity index is 412. The fraction of sp³-hybridized carbons (Fsp3) is 0.846. The first-order chi connectivity index (χ1) is 9.31. The van der Waals surface area contributed by atoms with Gasteiger partial charge in [0.1, 0.15) is 0 Å². The topological polar surface area (TPSA) is 49.2 Å². The molecule has 0 bridgehead atoms. The monoisotopic (exact) mass is 329 g/mol. The predicted molar refractivity (Wildman–Crippen MR) is 74.5 cm³/mol. The van der Waals surface area contributed by atoms with E-state index in [1.54, 1.807) is 0 Å². The Morgan fingerprint density at radius 2 is 2.21 bits per heavy atom. The highest BCUT2D eigenvalue weighted by molar-refractivity contribution is 9.09. The van der Waals surface area contributed by atoms with Gasteiger partial charge in [-0.25, -0.2) is 4.68 Å². The van der Waals surface area contributed by atoms with Crippen molar-refractivity contribution < 1.29 is 9.47 Å². The molecule has 2 fully saturated rings. The zero-order chi connectivity index (χ0) is 13.1. The number of ether oxygens (including phenoxy) is 2. The quantitative estimate of drug-likeness (QED) is 0.797. The summed E-state index contributed by atoms with van der Waals surface area (Å²) in [5.74, 6) is 0. The van der Waals surface area contributed by atoms with Crippen LogP contribution >= 0.6 is 15.9 Å². The molecular formula is C13H20BrN3O2. The molecule has 3 heterocycles. The Hall–Kier alpha value is -0.460. The number of halogens is 1. The molecule has 1 atom stereocenters. The summed E-state index contributed by atoms with van der Waals surface area (Å²) in [5, 5.41) is 9.46. The summed E-state index contributed by atoms with van der Waals surface area (Å²) in [4.78, 5) is 0. The van der Waals surface area contributed by atoms with Crippen molar-refractivity contribution in [3.05, 3.63) is 11.9 Å². The number of aromatic nitrogens is 3. The molecule has 0 aliphatic carbocycles. The van der Waals surface area contributed by atoms with Gasteiger partial charge in [-0.3, -0.25) is 0 Å². The molecule has 1 aromatic rings. The van der Waals surface area contributed by atoms with E-state index in [0.29, 0.717) is 6.04 Å². The van der Waals surface area contributed by atoms with Gasteiger partial charge < -0.3 is 9.47 Å². The standard InChI is InChI=1S/C13H20BrN3O2/c14-5-1-11-10-17(16-15-11)12-2-6-19-13(9-12)3-7-18-8-4-13/h10,12H,1-9H2. The minimum absolute atomic E-state index is 0.0166. The van der Waals surface area contributed by atoms with E-state index in [4.69, 9.17) is 9.47 Å². The zero-order valence-electron chi connectivity index (χ0n) is 11.1. The van der Waals surface area contributed by atoms with Crippen LogP contribution < -0.4 is 0 Å². The molecule has 0 radical (unpaired) electrons. The van der Waals surface area contributed by atoms with E-state index in [1.807, 2.05) is 4.68 Å². The third-order valence-electron chi connectivity index (χ3n) is 4.15. The molecule has 0 amide bonds. The Kier molecular flexibility index (Phi) is 4.19. The minimum atomic E-state index is 0.0166. The fourth-order valence-electron chi connectivity index (χ4n) is 3.02. The number of alkyl halides is 1. The SMILES string of the molecule is BrCCc1cn(C2CCOC3(CCOCC3)C2)nn1. The number of rotatable bonds is 3. The van der Waals surface area contributed by atoms with Crippen molar-refractivity contribution in [1.82, 2.24) is 15.0 Å². The van der Waals surface area contributed by atoms with Crippen LogP contribution in [-0.4, -0.2) is 45.7 Å². The maximum Gasteiger partial charge on any atom is 0.0835 e. The number of nitrogens with zero attached hydrogens (tertiary/aromatic N) is 3. The van der Waals surface area contributed by atoms with Crippen molar-refractivity contribution >= 4 is 15.9 Å². The Morgan fingerprint density at radius 3 is 3.00 bits per heavy atom. The largest absolute Gasteiger partial charge is 0.381 e. The molecule has 6 heteroatoms.